The van der Waals surface area contributed by atoms with Crippen LogP contribution >= 0.6 is 0 Å². The van der Waals surface area contributed by atoms with Gasteiger partial charge >= 0.3 is 5.97 Å². The van der Waals surface area contributed by atoms with Crippen LogP contribution in [0.2, 0.25) is 19.1 Å². The van der Waals surface area contributed by atoms with Crippen LogP contribution in [0.5, 0.6) is 5.75 Å². The van der Waals surface area contributed by atoms with Crippen LogP contribution in [0.25, 0.3) is 0 Å². The number of rotatable bonds is 8. The Morgan fingerprint density at radius 3 is 2.50 bits per heavy atom. The van der Waals surface area contributed by atoms with Gasteiger partial charge < -0.3 is 14.3 Å². The summed E-state index contributed by atoms with van der Waals surface area (Å²) >= 11 is 0. The van der Waals surface area contributed by atoms with E-state index in [0.717, 1.165) is 18.9 Å². The lowest BCUT2D eigenvalue weighted by molar-refractivity contribution is -0.164. The molecule has 0 aliphatic carbocycles. The Kier molecular flexibility index (Phi) is 6.62. The Hall–Kier alpha value is -1.33. The number of benzene rings is 1. The maximum absolute atomic E-state index is 12.0. The minimum Gasteiger partial charge on any atom is -0.544 e. The van der Waals surface area contributed by atoms with Gasteiger partial charge in [0.1, 0.15) is 5.75 Å². The third kappa shape index (κ3) is 4.85. The molecule has 0 aliphatic rings. The molecule has 0 heterocycles. The molecule has 1 aromatic carbocycles. The van der Waals surface area contributed by atoms with E-state index >= 15 is 0 Å². The van der Waals surface area contributed by atoms with Gasteiger partial charge in [-0.1, -0.05) is 38.0 Å². The van der Waals surface area contributed by atoms with Crippen molar-refractivity contribution in [3.05, 3.63) is 29.8 Å². The minimum atomic E-state index is -1.89. The number of esters is 1. The Labute approximate surface area is 134 Å². The second-order valence-corrected chi connectivity index (χ2v) is 10.5. The molecule has 0 fully saturated rings. The van der Waals surface area contributed by atoms with Crippen LogP contribution in [0.1, 0.15) is 39.2 Å². The molecule has 4 nitrogen and oxygen atoms in total. The molecule has 0 spiro atoms. The SMILES string of the molecule is CCCC[Si](C)(C)Oc1ccccc1C(C)(O)C(=O)OCC. The molecule has 0 saturated carbocycles. The van der Waals surface area contributed by atoms with Crippen molar-refractivity contribution in [2.75, 3.05) is 6.61 Å². The van der Waals surface area contributed by atoms with Crippen molar-refractivity contribution in [2.45, 2.75) is 58.4 Å². The largest absolute Gasteiger partial charge is 0.544 e. The van der Waals surface area contributed by atoms with E-state index in [9.17, 15) is 9.90 Å². The maximum atomic E-state index is 12.0. The van der Waals surface area contributed by atoms with Gasteiger partial charge in [0.05, 0.1) is 6.61 Å². The Morgan fingerprint density at radius 1 is 1.27 bits per heavy atom. The second-order valence-electron chi connectivity index (χ2n) is 6.25. The summed E-state index contributed by atoms with van der Waals surface area (Å²) in [6.45, 7) is 9.86. The van der Waals surface area contributed by atoms with E-state index in [4.69, 9.17) is 9.16 Å². The fourth-order valence-corrected chi connectivity index (χ4v) is 4.37. The van der Waals surface area contributed by atoms with Gasteiger partial charge in [0, 0.05) is 5.56 Å². The van der Waals surface area contributed by atoms with Gasteiger partial charge in [-0.25, -0.2) is 4.79 Å². The molecule has 0 aliphatic heterocycles. The van der Waals surface area contributed by atoms with Gasteiger partial charge in [-0.3, -0.25) is 0 Å². The lowest BCUT2D eigenvalue weighted by Gasteiger charge is -2.29. The number of unbranched alkanes of at least 4 members (excludes halogenated alkanes) is 1. The molecular formula is C17H28O4Si. The number of carbonyl (C=O) groups excluding carboxylic acids is 1. The Bertz CT molecular complexity index is 497. The molecule has 5 heteroatoms. The third-order valence-electron chi connectivity index (χ3n) is 3.60. The quantitative estimate of drug-likeness (QED) is 0.583. The normalized spacial score (nSPS) is 14.3. The lowest BCUT2D eigenvalue weighted by Crippen LogP contribution is -2.38. The van der Waals surface area contributed by atoms with Crippen molar-refractivity contribution in [3.8, 4) is 5.75 Å². The third-order valence-corrected chi connectivity index (χ3v) is 5.93. The fourth-order valence-electron chi connectivity index (χ4n) is 2.29. The summed E-state index contributed by atoms with van der Waals surface area (Å²) in [5, 5.41) is 10.6. The highest BCUT2D eigenvalue weighted by Gasteiger charge is 2.37. The lowest BCUT2D eigenvalue weighted by atomic mass is 9.95. The van der Waals surface area contributed by atoms with E-state index in [0.29, 0.717) is 11.3 Å². The van der Waals surface area contributed by atoms with E-state index in [1.807, 2.05) is 12.1 Å². The maximum Gasteiger partial charge on any atom is 0.342 e. The summed E-state index contributed by atoms with van der Waals surface area (Å²) < 4.78 is 11.2. The first-order valence-corrected chi connectivity index (χ1v) is 11.0. The highest BCUT2D eigenvalue weighted by Crippen LogP contribution is 2.33. The zero-order valence-electron chi connectivity index (χ0n) is 14.3. The minimum absolute atomic E-state index is 0.231. The van der Waals surface area contributed by atoms with Crippen LogP contribution in [0.4, 0.5) is 0 Å². The molecule has 0 radical (unpaired) electrons. The number of hydrogen-bond acceptors (Lipinski definition) is 4. The summed E-state index contributed by atoms with van der Waals surface area (Å²) in [7, 11) is -1.89. The summed E-state index contributed by atoms with van der Waals surface area (Å²) in [4.78, 5) is 12.0. The first-order chi connectivity index (χ1) is 10.2. The average molecular weight is 324 g/mol. The molecule has 0 bridgehead atoms. The second kappa shape index (κ2) is 7.79. The smallest absolute Gasteiger partial charge is 0.342 e. The predicted octanol–water partition coefficient (Wildman–Crippen LogP) is 3.84. The molecule has 1 aromatic rings. The molecule has 0 aromatic heterocycles. The number of para-hydroxylation sites is 1. The van der Waals surface area contributed by atoms with E-state index in [1.54, 1.807) is 19.1 Å². The van der Waals surface area contributed by atoms with Crippen LogP contribution in [0.15, 0.2) is 24.3 Å². The number of carbonyl (C=O) groups is 1. The van der Waals surface area contributed by atoms with Crippen molar-refractivity contribution in [3.63, 3.8) is 0 Å². The van der Waals surface area contributed by atoms with E-state index in [-0.39, 0.29) is 6.61 Å². The highest BCUT2D eigenvalue weighted by molar-refractivity contribution is 6.71. The number of ether oxygens (including phenoxy) is 1. The molecule has 1 atom stereocenters. The van der Waals surface area contributed by atoms with E-state index in [2.05, 4.69) is 20.0 Å². The highest BCUT2D eigenvalue weighted by atomic mass is 28.4. The zero-order chi connectivity index (χ0) is 16.8. The van der Waals surface area contributed by atoms with Crippen molar-refractivity contribution < 1.29 is 19.1 Å². The van der Waals surface area contributed by atoms with Crippen molar-refractivity contribution in [2.24, 2.45) is 0 Å². The molecule has 0 saturated heterocycles. The monoisotopic (exact) mass is 324 g/mol. The van der Waals surface area contributed by atoms with E-state index in [1.165, 1.54) is 6.92 Å². The van der Waals surface area contributed by atoms with Crippen LogP contribution in [-0.4, -0.2) is 26.0 Å². The van der Waals surface area contributed by atoms with Crippen LogP contribution in [0.3, 0.4) is 0 Å². The number of hydrogen-bond donors (Lipinski definition) is 1. The van der Waals surface area contributed by atoms with Gasteiger partial charge in [0.2, 0.25) is 8.32 Å². The summed E-state index contributed by atoms with van der Waals surface area (Å²) in [6, 6.07) is 8.21. The predicted molar refractivity (Wildman–Crippen MR) is 90.5 cm³/mol. The molecule has 0 amide bonds. The summed E-state index contributed by atoms with van der Waals surface area (Å²) in [5.74, 6) is -0.0765. The van der Waals surface area contributed by atoms with Crippen molar-refractivity contribution in [1.82, 2.24) is 0 Å². The molecule has 1 unspecified atom stereocenters. The Balaban J connectivity index is 3.06. The van der Waals surface area contributed by atoms with Crippen molar-refractivity contribution >= 4 is 14.3 Å². The standard InChI is InChI=1S/C17H28O4Si/c1-6-8-13-22(4,5)21-15-12-10-9-11-14(15)17(3,19)16(18)20-7-2/h9-12,19H,6-8,13H2,1-5H3. The molecule has 1 rings (SSSR count). The molecular weight excluding hydrogens is 296 g/mol. The van der Waals surface area contributed by atoms with Crippen LogP contribution < -0.4 is 4.43 Å². The van der Waals surface area contributed by atoms with Crippen LogP contribution in [0, 0.1) is 0 Å². The van der Waals surface area contributed by atoms with E-state index < -0.39 is 19.9 Å². The topological polar surface area (TPSA) is 55.8 Å². The molecule has 124 valence electrons. The average Bonchev–Trinajstić information content (AvgIpc) is 2.45. The van der Waals surface area contributed by atoms with Crippen molar-refractivity contribution in [1.29, 1.82) is 0 Å². The first-order valence-electron chi connectivity index (χ1n) is 7.92. The molecule has 1 N–H and O–H groups in total. The van der Waals surface area contributed by atoms with Gasteiger partial charge in [-0.2, -0.15) is 0 Å². The number of aliphatic hydroxyl groups is 1. The van der Waals surface area contributed by atoms with Gasteiger partial charge in [0.25, 0.3) is 0 Å². The van der Waals surface area contributed by atoms with Gasteiger partial charge in [-0.05, 0) is 39.1 Å². The zero-order valence-corrected chi connectivity index (χ0v) is 15.3. The van der Waals surface area contributed by atoms with Crippen LogP contribution in [-0.2, 0) is 15.1 Å². The summed E-state index contributed by atoms with van der Waals surface area (Å²) in [5.41, 5.74) is -1.24. The van der Waals surface area contributed by atoms with Gasteiger partial charge in [0.15, 0.2) is 5.60 Å². The Morgan fingerprint density at radius 2 is 1.91 bits per heavy atom. The van der Waals surface area contributed by atoms with Gasteiger partial charge in [-0.15, -0.1) is 0 Å². The first kappa shape index (κ1) is 18.7. The molecule has 22 heavy (non-hydrogen) atoms. The summed E-state index contributed by atoms with van der Waals surface area (Å²) in [6.07, 6.45) is 2.25. The fraction of sp³-hybridized carbons (Fsp3) is 0.588.